The second-order valence-corrected chi connectivity index (χ2v) is 5.26. The normalized spacial score (nSPS) is 18.2. The van der Waals surface area contributed by atoms with Gasteiger partial charge in [0.05, 0.1) is 13.2 Å². The molecule has 0 aromatic carbocycles. The van der Waals surface area contributed by atoms with Crippen molar-refractivity contribution in [2.75, 3.05) is 19.7 Å². The Morgan fingerprint density at radius 1 is 1.48 bits per heavy atom. The third-order valence-electron chi connectivity index (χ3n) is 3.64. The molecule has 1 N–H and O–H groups in total. The largest absolute Gasteiger partial charge is 0.366 e. The van der Waals surface area contributed by atoms with Crippen molar-refractivity contribution in [2.24, 2.45) is 0 Å². The van der Waals surface area contributed by atoms with Gasteiger partial charge in [0.15, 0.2) is 5.82 Å². The zero-order chi connectivity index (χ0) is 16.4. The van der Waals surface area contributed by atoms with Gasteiger partial charge in [0.2, 0.25) is 0 Å². The molecule has 1 saturated heterocycles. The number of morpholine rings is 1. The summed E-state index contributed by atoms with van der Waals surface area (Å²) in [5, 5.41) is 11.0. The maximum atomic E-state index is 12.6. The summed E-state index contributed by atoms with van der Waals surface area (Å²) < 4.78 is 6.91. The van der Waals surface area contributed by atoms with Crippen LogP contribution in [0.2, 0.25) is 0 Å². The Labute approximate surface area is 132 Å². The summed E-state index contributed by atoms with van der Waals surface area (Å²) in [5.74, 6) is 1.00. The number of aryl methyl sites for hydroxylation is 2. The van der Waals surface area contributed by atoms with Crippen LogP contribution in [-0.4, -0.2) is 55.5 Å². The fraction of sp³-hybridized carbons (Fsp3) is 0.500. The molecular formula is C14H18N6O3. The van der Waals surface area contributed by atoms with Crippen LogP contribution in [0.4, 0.5) is 0 Å². The summed E-state index contributed by atoms with van der Waals surface area (Å²) in [6, 6.07) is 2.82. The molecule has 0 radical (unpaired) electrons. The Morgan fingerprint density at radius 3 is 3.00 bits per heavy atom. The lowest BCUT2D eigenvalue weighted by atomic mass is 10.2. The van der Waals surface area contributed by atoms with Crippen LogP contribution in [0.25, 0.3) is 0 Å². The number of H-pyrrole nitrogens is 1. The minimum Gasteiger partial charge on any atom is -0.366 e. The number of rotatable bonds is 3. The van der Waals surface area contributed by atoms with Gasteiger partial charge in [-0.15, -0.1) is 0 Å². The van der Waals surface area contributed by atoms with E-state index in [1.807, 2.05) is 0 Å². The van der Waals surface area contributed by atoms with Crippen LogP contribution >= 0.6 is 0 Å². The maximum Gasteiger partial charge on any atom is 0.274 e. The van der Waals surface area contributed by atoms with E-state index in [1.54, 1.807) is 18.7 Å². The summed E-state index contributed by atoms with van der Waals surface area (Å²) in [5.41, 5.74) is 0.0263. The minimum absolute atomic E-state index is 0.222. The molecule has 0 spiro atoms. The summed E-state index contributed by atoms with van der Waals surface area (Å²) in [6.07, 6.45) is -0.366. The maximum absolute atomic E-state index is 12.6. The molecule has 9 nitrogen and oxygen atoms in total. The van der Waals surface area contributed by atoms with Crippen LogP contribution in [0.1, 0.15) is 35.2 Å². The van der Waals surface area contributed by atoms with Gasteiger partial charge in [0, 0.05) is 19.2 Å². The van der Waals surface area contributed by atoms with Gasteiger partial charge >= 0.3 is 0 Å². The van der Waals surface area contributed by atoms with Crippen molar-refractivity contribution in [3.05, 3.63) is 39.8 Å². The van der Waals surface area contributed by atoms with Crippen LogP contribution < -0.4 is 5.56 Å². The zero-order valence-electron chi connectivity index (χ0n) is 13.0. The standard InChI is InChI=1S/C14H18N6O3/c1-3-20-12(21)5-4-10(18-20)14(22)19-6-7-23-11(8-19)13-15-9(2)16-17-13/h4-5,11H,3,6-8H2,1-2H3,(H,15,16,17)/t11-/m0/s1. The molecule has 1 aliphatic rings. The Morgan fingerprint density at radius 2 is 2.30 bits per heavy atom. The quantitative estimate of drug-likeness (QED) is 0.847. The van der Waals surface area contributed by atoms with Crippen molar-refractivity contribution >= 4 is 5.91 Å². The van der Waals surface area contributed by atoms with Gasteiger partial charge < -0.3 is 9.64 Å². The number of aromatic nitrogens is 5. The van der Waals surface area contributed by atoms with Gasteiger partial charge in [-0.1, -0.05) is 0 Å². The van der Waals surface area contributed by atoms with Crippen molar-refractivity contribution in [3.63, 3.8) is 0 Å². The highest BCUT2D eigenvalue weighted by Crippen LogP contribution is 2.20. The zero-order valence-corrected chi connectivity index (χ0v) is 13.0. The van der Waals surface area contributed by atoms with Crippen molar-refractivity contribution in [2.45, 2.75) is 26.5 Å². The van der Waals surface area contributed by atoms with Crippen LogP contribution in [-0.2, 0) is 11.3 Å². The first-order valence-electron chi connectivity index (χ1n) is 7.46. The predicted molar refractivity (Wildman–Crippen MR) is 79.9 cm³/mol. The van der Waals surface area contributed by atoms with Crippen molar-refractivity contribution in [1.82, 2.24) is 29.9 Å². The molecule has 1 amide bonds. The smallest absolute Gasteiger partial charge is 0.274 e. The van der Waals surface area contributed by atoms with E-state index in [4.69, 9.17) is 4.74 Å². The van der Waals surface area contributed by atoms with E-state index in [-0.39, 0.29) is 23.3 Å². The van der Waals surface area contributed by atoms with Gasteiger partial charge in [0.1, 0.15) is 17.6 Å². The Bertz CT molecular complexity index is 768. The number of nitrogens with one attached hydrogen (secondary N) is 1. The van der Waals surface area contributed by atoms with Gasteiger partial charge in [0.25, 0.3) is 11.5 Å². The molecule has 2 aromatic heterocycles. The van der Waals surface area contributed by atoms with Gasteiger partial charge in [-0.3, -0.25) is 14.7 Å². The Hall–Kier alpha value is -2.55. The van der Waals surface area contributed by atoms with Gasteiger partial charge in [-0.2, -0.15) is 10.2 Å². The number of carbonyl (C=O) groups is 1. The third-order valence-corrected chi connectivity index (χ3v) is 3.64. The fourth-order valence-corrected chi connectivity index (χ4v) is 2.45. The molecule has 1 atom stereocenters. The van der Waals surface area contributed by atoms with E-state index in [2.05, 4.69) is 20.3 Å². The molecule has 0 unspecified atom stereocenters. The van der Waals surface area contributed by atoms with E-state index in [1.165, 1.54) is 16.8 Å². The minimum atomic E-state index is -0.366. The number of carbonyl (C=O) groups excluding carboxylic acids is 1. The molecule has 9 heteroatoms. The summed E-state index contributed by atoms with van der Waals surface area (Å²) in [4.78, 5) is 30.1. The molecular weight excluding hydrogens is 300 g/mol. The van der Waals surface area contributed by atoms with Gasteiger partial charge in [-0.25, -0.2) is 9.67 Å². The average molecular weight is 318 g/mol. The lowest BCUT2D eigenvalue weighted by Gasteiger charge is -2.31. The summed E-state index contributed by atoms with van der Waals surface area (Å²) >= 11 is 0. The number of hydrogen-bond donors (Lipinski definition) is 1. The second kappa shape index (κ2) is 6.29. The molecule has 0 bridgehead atoms. The molecule has 2 aromatic rings. The number of hydrogen-bond acceptors (Lipinski definition) is 6. The summed E-state index contributed by atoms with van der Waals surface area (Å²) in [6.45, 7) is 5.24. The molecule has 3 heterocycles. The highest BCUT2D eigenvalue weighted by atomic mass is 16.5. The first kappa shape index (κ1) is 15.3. The van der Waals surface area contributed by atoms with Crippen LogP contribution in [0.5, 0.6) is 0 Å². The first-order valence-corrected chi connectivity index (χ1v) is 7.46. The fourth-order valence-electron chi connectivity index (χ4n) is 2.45. The van der Waals surface area contributed by atoms with Crippen molar-refractivity contribution in [1.29, 1.82) is 0 Å². The average Bonchev–Trinajstić information content (AvgIpc) is 3.01. The van der Waals surface area contributed by atoms with E-state index in [9.17, 15) is 9.59 Å². The van der Waals surface area contributed by atoms with E-state index >= 15 is 0 Å². The first-order chi connectivity index (χ1) is 11.1. The number of amides is 1. The van der Waals surface area contributed by atoms with E-state index < -0.39 is 0 Å². The van der Waals surface area contributed by atoms with Gasteiger partial charge in [-0.05, 0) is 19.9 Å². The van der Waals surface area contributed by atoms with Crippen LogP contribution in [0.15, 0.2) is 16.9 Å². The number of nitrogens with zero attached hydrogens (tertiary/aromatic N) is 5. The van der Waals surface area contributed by atoms with E-state index in [0.717, 1.165) is 0 Å². The number of aromatic amines is 1. The molecule has 0 saturated carbocycles. The Balaban J connectivity index is 1.78. The highest BCUT2D eigenvalue weighted by molar-refractivity contribution is 5.92. The molecule has 1 fully saturated rings. The van der Waals surface area contributed by atoms with Crippen molar-refractivity contribution in [3.8, 4) is 0 Å². The van der Waals surface area contributed by atoms with Crippen LogP contribution in [0, 0.1) is 6.92 Å². The molecule has 23 heavy (non-hydrogen) atoms. The highest BCUT2D eigenvalue weighted by Gasteiger charge is 2.29. The molecule has 0 aliphatic carbocycles. The van der Waals surface area contributed by atoms with Crippen molar-refractivity contribution < 1.29 is 9.53 Å². The second-order valence-electron chi connectivity index (χ2n) is 5.26. The topological polar surface area (TPSA) is 106 Å². The van der Waals surface area contributed by atoms with E-state index in [0.29, 0.717) is 37.9 Å². The molecule has 3 rings (SSSR count). The van der Waals surface area contributed by atoms with Crippen LogP contribution in [0.3, 0.4) is 0 Å². The molecule has 1 aliphatic heterocycles. The SMILES string of the molecule is CCn1nc(C(=O)N2CCO[C@H](c3n[nH]c(C)n3)C2)ccc1=O. The summed E-state index contributed by atoms with van der Waals surface area (Å²) in [7, 11) is 0. The predicted octanol–water partition coefficient (Wildman–Crippen LogP) is -0.0966. The monoisotopic (exact) mass is 318 g/mol. The number of ether oxygens (including phenoxy) is 1. The molecule has 122 valence electrons. The lowest BCUT2D eigenvalue weighted by Crippen LogP contribution is -2.43. The Kier molecular flexibility index (Phi) is 4.20. The third kappa shape index (κ3) is 3.14. The lowest BCUT2D eigenvalue weighted by molar-refractivity contribution is -0.0269.